The van der Waals surface area contributed by atoms with E-state index in [1.165, 1.54) is 0 Å². The van der Waals surface area contributed by atoms with Crippen LogP contribution in [0.25, 0.3) is 0 Å². The van der Waals surface area contributed by atoms with Crippen LogP contribution in [0.3, 0.4) is 0 Å². The molecule has 1 aliphatic rings. The van der Waals surface area contributed by atoms with Crippen molar-refractivity contribution in [2.45, 2.75) is 32.4 Å². The number of anilines is 1. The summed E-state index contributed by atoms with van der Waals surface area (Å²) in [5.41, 5.74) is 1.72. The van der Waals surface area contributed by atoms with Crippen LogP contribution in [0.2, 0.25) is 0 Å². The Kier molecular flexibility index (Phi) is 5.44. The number of carbonyl (C=O) groups is 1. The first-order valence-electron chi connectivity index (χ1n) is 8.53. The van der Waals surface area contributed by atoms with Gasteiger partial charge in [-0.2, -0.15) is 5.26 Å². The van der Waals surface area contributed by atoms with Crippen LogP contribution in [-0.4, -0.2) is 41.2 Å². The molecule has 2 atom stereocenters. The minimum Gasteiger partial charge on any atom is -0.379 e. The molecular weight excluding hydrogens is 330 g/mol. The van der Waals surface area contributed by atoms with E-state index in [2.05, 4.69) is 26.7 Å². The molecular formula is C19H21N5O2. The van der Waals surface area contributed by atoms with Crippen LogP contribution in [0.15, 0.2) is 30.5 Å². The van der Waals surface area contributed by atoms with Gasteiger partial charge in [0.2, 0.25) is 0 Å². The quantitative estimate of drug-likeness (QED) is 0.873. The first-order valence-corrected chi connectivity index (χ1v) is 8.53. The number of carbonyl (C=O) groups excluding carboxylic acids is 1. The Balaban J connectivity index is 1.74. The third kappa shape index (κ3) is 3.98. The van der Waals surface area contributed by atoms with Crippen LogP contribution in [0.1, 0.15) is 33.7 Å². The van der Waals surface area contributed by atoms with Gasteiger partial charge >= 0.3 is 0 Å². The van der Waals surface area contributed by atoms with Gasteiger partial charge in [0.25, 0.3) is 5.91 Å². The van der Waals surface area contributed by atoms with Crippen LogP contribution >= 0.6 is 0 Å². The molecule has 0 saturated carbocycles. The molecule has 0 bridgehead atoms. The Morgan fingerprint density at radius 1 is 1.31 bits per heavy atom. The summed E-state index contributed by atoms with van der Waals surface area (Å²) < 4.78 is 5.56. The van der Waals surface area contributed by atoms with Crippen LogP contribution in [-0.2, 0) is 4.74 Å². The molecule has 0 radical (unpaired) electrons. The van der Waals surface area contributed by atoms with Gasteiger partial charge in [0, 0.05) is 18.4 Å². The highest BCUT2D eigenvalue weighted by Gasteiger charge is 2.28. The van der Waals surface area contributed by atoms with Crippen LogP contribution < -0.4 is 10.6 Å². The van der Waals surface area contributed by atoms with E-state index >= 15 is 0 Å². The lowest BCUT2D eigenvalue weighted by atomic mass is 10.00. The van der Waals surface area contributed by atoms with Crippen LogP contribution in [0.5, 0.6) is 0 Å². The summed E-state index contributed by atoms with van der Waals surface area (Å²) in [5, 5.41) is 15.6. The summed E-state index contributed by atoms with van der Waals surface area (Å²) in [6.45, 7) is 4.68. The van der Waals surface area contributed by atoms with E-state index in [-0.39, 0.29) is 18.0 Å². The minimum atomic E-state index is -0.183. The van der Waals surface area contributed by atoms with Gasteiger partial charge in [-0.3, -0.25) is 4.79 Å². The summed E-state index contributed by atoms with van der Waals surface area (Å²) in [4.78, 5) is 21.2. The molecule has 2 N–H and O–H groups in total. The minimum absolute atomic E-state index is 0.0959. The number of hydrogen-bond acceptors (Lipinski definition) is 6. The van der Waals surface area contributed by atoms with Gasteiger partial charge in [0.05, 0.1) is 30.3 Å². The second-order valence-corrected chi connectivity index (χ2v) is 6.27. The van der Waals surface area contributed by atoms with Crippen LogP contribution in [0.4, 0.5) is 5.82 Å². The molecule has 7 nitrogen and oxygen atoms in total. The molecule has 1 amide bonds. The van der Waals surface area contributed by atoms with Crippen molar-refractivity contribution in [2.24, 2.45) is 0 Å². The van der Waals surface area contributed by atoms with Crippen LogP contribution in [0, 0.1) is 25.2 Å². The molecule has 0 spiro atoms. The first-order chi connectivity index (χ1) is 12.6. The Hall–Kier alpha value is -2.98. The summed E-state index contributed by atoms with van der Waals surface area (Å²) in [7, 11) is 0. The monoisotopic (exact) mass is 351 g/mol. The fraction of sp³-hybridized carbons (Fsp3) is 0.368. The highest BCUT2D eigenvalue weighted by molar-refractivity contribution is 5.96. The molecule has 3 rings (SSSR count). The van der Waals surface area contributed by atoms with E-state index in [1.54, 1.807) is 37.4 Å². The maximum absolute atomic E-state index is 12.7. The van der Waals surface area contributed by atoms with Crippen molar-refractivity contribution in [3.63, 3.8) is 0 Å². The number of nitrogens with one attached hydrogen (secondary N) is 2. The maximum Gasteiger partial charge on any atom is 0.251 e. The molecule has 1 aliphatic heterocycles. The lowest BCUT2D eigenvalue weighted by molar-refractivity contribution is 0.0619. The fourth-order valence-corrected chi connectivity index (χ4v) is 3.03. The zero-order valence-corrected chi connectivity index (χ0v) is 14.8. The Bertz CT molecular complexity index is 846. The van der Waals surface area contributed by atoms with E-state index in [1.807, 2.05) is 6.92 Å². The molecule has 2 heterocycles. The van der Waals surface area contributed by atoms with E-state index in [4.69, 9.17) is 10.00 Å². The Labute approximate surface area is 152 Å². The van der Waals surface area contributed by atoms with Crippen molar-refractivity contribution >= 4 is 11.7 Å². The number of nitrogens with zero attached hydrogens (tertiary/aromatic N) is 3. The lowest BCUT2D eigenvalue weighted by Crippen LogP contribution is -2.52. The van der Waals surface area contributed by atoms with Gasteiger partial charge in [-0.1, -0.05) is 6.07 Å². The van der Waals surface area contributed by atoms with Gasteiger partial charge in [-0.05, 0) is 44.0 Å². The number of aryl methyl sites for hydroxylation is 1. The van der Waals surface area contributed by atoms with Gasteiger partial charge in [-0.15, -0.1) is 0 Å². The maximum atomic E-state index is 12.7. The summed E-state index contributed by atoms with van der Waals surface area (Å²) >= 11 is 0. The van der Waals surface area contributed by atoms with Crippen molar-refractivity contribution < 1.29 is 9.53 Å². The number of aromatic nitrogens is 2. The highest BCUT2D eigenvalue weighted by Crippen LogP contribution is 2.17. The Morgan fingerprint density at radius 3 is 2.92 bits per heavy atom. The predicted molar refractivity (Wildman–Crippen MR) is 96.8 cm³/mol. The van der Waals surface area contributed by atoms with Gasteiger partial charge in [0.15, 0.2) is 0 Å². The number of amides is 1. The van der Waals surface area contributed by atoms with Crippen molar-refractivity contribution in [3.05, 3.63) is 53.0 Å². The number of ether oxygens (including phenoxy) is 1. The summed E-state index contributed by atoms with van der Waals surface area (Å²) in [6, 6.07) is 8.88. The van der Waals surface area contributed by atoms with Crippen molar-refractivity contribution in [3.8, 4) is 6.07 Å². The number of hydrogen-bond donors (Lipinski definition) is 2. The second-order valence-electron chi connectivity index (χ2n) is 6.27. The standard InChI is InChI=1S/C19H21N5O2/c1-12-14(10-20)4-3-5-15(12)19(25)24-16-7-9-26-11-17(16)23-18-6-8-21-13(2)22-18/h3-6,8,16-17H,7,9,11H2,1-2H3,(H,24,25)(H,21,22,23)/t16-,17+/m0/s1. The lowest BCUT2D eigenvalue weighted by Gasteiger charge is -2.33. The van der Waals surface area contributed by atoms with Crippen molar-refractivity contribution in [1.29, 1.82) is 5.26 Å². The Morgan fingerprint density at radius 2 is 2.15 bits per heavy atom. The predicted octanol–water partition coefficient (Wildman–Crippen LogP) is 1.96. The highest BCUT2D eigenvalue weighted by atomic mass is 16.5. The van der Waals surface area contributed by atoms with Gasteiger partial charge in [-0.25, -0.2) is 9.97 Å². The third-order valence-electron chi connectivity index (χ3n) is 4.48. The van der Waals surface area contributed by atoms with E-state index in [9.17, 15) is 4.79 Å². The zero-order valence-electron chi connectivity index (χ0n) is 14.8. The SMILES string of the molecule is Cc1nccc(N[C@@H]2COCC[C@@H]2NC(=O)c2cccc(C#N)c2C)n1. The molecule has 1 aromatic heterocycles. The molecule has 2 aromatic rings. The van der Waals surface area contributed by atoms with E-state index in [0.29, 0.717) is 48.0 Å². The van der Waals surface area contributed by atoms with Crippen molar-refractivity contribution in [1.82, 2.24) is 15.3 Å². The molecule has 26 heavy (non-hydrogen) atoms. The molecule has 0 aliphatic carbocycles. The largest absolute Gasteiger partial charge is 0.379 e. The van der Waals surface area contributed by atoms with E-state index < -0.39 is 0 Å². The zero-order chi connectivity index (χ0) is 18.5. The summed E-state index contributed by atoms with van der Waals surface area (Å²) in [5.74, 6) is 1.20. The number of rotatable bonds is 4. The van der Waals surface area contributed by atoms with E-state index in [0.717, 1.165) is 0 Å². The number of benzene rings is 1. The first kappa shape index (κ1) is 17.8. The summed E-state index contributed by atoms with van der Waals surface area (Å²) in [6.07, 6.45) is 2.39. The molecule has 1 aromatic carbocycles. The van der Waals surface area contributed by atoms with Crippen molar-refractivity contribution in [2.75, 3.05) is 18.5 Å². The molecule has 7 heteroatoms. The number of nitriles is 1. The second kappa shape index (κ2) is 7.93. The van der Waals surface area contributed by atoms with Gasteiger partial charge in [0.1, 0.15) is 11.6 Å². The molecule has 1 saturated heterocycles. The van der Waals surface area contributed by atoms with Gasteiger partial charge < -0.3 is 15.4 Å². The fourth-order valence-electron chi connectivity index (χ4n) is 3.03. The molecule has 1 fully saturated rings. The topological polar surface area (TPSA) is 99.9 Å². The third-order valence-corrected chi connectivity index (χ3v) is 4.48. The average Bonchev–Trinajstić information content (AvgIpc) is 2.63. The average molecular weight is 351 g/mol. The molecule has 0 unspecified atom stereocenters. The smallest absolute Gasteiger partial charge is 0.251 e. The molecule has 134 valence electrons. The normalized spacial score (nSPS) is 19.4.